The number of hydrogen-bond donors (Lipinski definition) is 1. The van der Waals surface area contributed by atoms with Crippen LogP contribution in [0, 0.1) is 0 Å². The van der Waals surface area contributed by atoms with Crippen molar-refractivity contribution in [1.82, 2.24) is 34.7 Å². The molecule has 35 heavy (non-hydrogen) atoms. The number of amides is 2. The molecule has 2 aliphatic heterocycles. The Kier molecular flexibility index (Phi) is 6.72. The zero-order chi connectivity index (χ0) is 24.4. The predicted molar refractivity (Wildman–Crippen MR) is 138 cm³/mol. The van der Waals surface area contributed by atoms with Crippen molar-refractivity contribution in [3.05, 3.63) is 36.9 Å². The average Bonchev–Trinajstić information content (AvgIpc) is 3.34. The van der Waals surface area contributed by atoms with E-state index >= 15 is 0 Å². The number of anilines is 2. The summed E-state index contributed by atoms with van der Waals surface area (Å²) in [5.41, 5.74) is 4.15. The van der Waals surface area contributed by atoms with Crippen molar-refractivity contribution in [3.63, 3.8) is 0 Å². The second-order valence-corrected chi connectivity index (χ2v) is 9.47. The number of carbonyl (C=O) groups is 1. The van der Waals surface area contributed by atoms with Gasteiger partial charge in [0.25, 0.3) is 0 Å². The lowest BCUT2D eigenvalue weighted by Crippen LogP contribution is -2.51. The number of piperazine rings is 2. The molecule has 0 spiro atoms. The molecule has 0 bridgehead atoms. The summed E-state index contributed by atoms with van der Waals surface area (Å²) in [6.07, 6.45) is 7.68. The molecule has 5 rings (SSSR count). The first-order chi connectivity index (χ1) is 17.0. The Bertz CT molecular complexity index is 1140. The van der Waals surface area contributed by atoms with Crippen LogP contribution in [-0.4, -0.2) is 100 Å². The predicted octanol–water partition coefficient (Wildman–Crippen LogP) is 2.17. The summed E-state index contributed by atoms with van der Waals surface area (Å²) in [7, 11) is 0. The third-order valence-corrected chi connectivity index (χ3v) is 7.03. The van der Waals surface area contributed by atoms with Gasteiger partial charge in [0, 0.05) is 82.9 Å². The fraction of sp³-hybridized carbons (Fsp3) is 0.520. The fourth-order valence-electron chi connectivity index (χ4n) is 4.93. The van der Waals surface area contributed by atoms with Gasteiger partial charge in [-0.1, -0.05) is 0 Å². The van der Waals surface area contributed by atoms with Crippen molar-refractivity contribution in [2.45, 2.75) is 26.8 Å². The lowest BCUT2D eigenvalue weighted by atomic mass is 10.2. The number of urea groups is 1. The molecule has 0 atom stereocenters. The SMILES string of the molecule is CCNC(=O)N1CCN(c2ccnn3cc(-c4ncc(N5CCN(C(C)C)CC5)cn4)cc23)CC1. The number of nitrogens with one attached hydrogen (secondary N) is 1. The first-order valence-corrected chi connectivity index (χ1v) is 12.6. The Labute approximate surface area is 206 Å². The first kappa shape index (κ1) is 23.3. The highest BCUT2D eigenvalue weighted by atomic mass is 16.2. The third kappa shape index (κ3) is 4.88. The number of nitrogens with zero attached hydrogens (tertiary/aromatic N) is 8. The monoisotopic (exact) mass is 477 g/mol. The number of aromatic nitrogens is 4. The molecule has 2 fully saturated rings. The second-order valence-electron chi connectivity index (χ2n) is 9.47. The summed E-state index contributed by atoms with van der Waals surface area (Å²) in [5.74, 6) is 0.701. The first-order valence-electron chi connectivity index (χ1n) is 12.6. The van der Waals surface area contributed by atoms with E-state index in [0.717, 1.165) is 61.7 Å². The van der Waals surface area contributed by atoms with Crippen molar-refractivity contribution in [1.29, 1.82) is 0 Å². The van der Waals surface area contributed by atoms with Gasteiger partial charge < -0.3 is 20.0 Å². The molecule has 2 saturated heterocycles. The van der Waals surface area contributed by atoms with E-state index in [9.17, 15) is 4.79 Å². The molecule has 1 N–H and O–H groups in total. The minimum absolute atomic E-state index is 0.0133. The van der Waals surface area contributed by atoms with Gasteiger partial charge in [0.1, 0.15) is 0 Å². The van der Waals surface area contributed by atoms with Gasteiger partial charge in [0.05, 0.1) is 29.3 Å². The smallest absolute Gasteiger partial charge is 0.317 e. The van der Waals surface area contributed by atoms with Crippen molar-refractivity contribution in [2.75, 3.05) is 68.7 Å². The van der Waals surface area contributed by atoms with Crippen LogP contribution in [0.5, 0.6) is 0 Å². The summed E-state index contributed by atoms with van der Waals surface area (Å²) in [6, 6.07) is 4.75. The third-order valence-electron chi connectivity index (χ3n) is 7.03. The summed E-state index contributed by atoms with van der Waals surface area (Å²) < 4.78 is 1.89. The molecule has 0 aromatic carbocycles. The Morgan fingerprint density at radius 1 is 1.00 bits per heavy atom. The van der Waals surface area contributed by atoms with Crippen LogP contribution in [0.3, 0.4) is 0 Å². The number of fused-ring (bicyclic) bond motifs is 1. The molecule has 10 nitrogen and oxygen atoms in total. The highest BCUT2D eigenvalue weighted by molar-refractivity contribution is 5.79. The standard InChI is InChI=1S/C25H35N9O/c1-4-26-25(35)33-13-11-32(12-14-33)22-5-6-29-34-18-20(15-23(22)34)24-27-16-21(17-28-24)31-9-7-30(8-10-31)19(2)3/h5-6,15-19H,4,7-14H2,1-3H3,(H,26,35). The number of rotatable bonds is 5. The molecule has 2 aliphatic rings. The van der Waals surface area contributed by atoms with Crippen LogP contribution in [-0.2, 0) is 0 Å². The van der Waals surface area contributed by atoms with Crippen LogP contribution >= 0.6 is 0 Å². The maximum atomic E-state index is 12.1. The topological polar surface area (TPSA) is 85.1 Å². The van der Waals surface area contributed by atoms with Crippen molar-refractivity contribution >= 4 is 22.9 Å². The second kappa shape index (κ2) is 10.1. The molecule has 0 radical (unpaired) electrons. The minimum atomic E-state index is 0.0133. The molecule has 2 amide bonds. The van der Waals surface area contributed by atoms with Crippen LogP contribution in [0.4, 0.5) is 16.2 Å². The normalized spacial score (nSPS) is 17.4. The summed E-state index contributed by atoms with van der Waals surface area (Å²) in [5, 5.41) is 7.40. The molecule has 0 saturated carbocycles. The molecular weight excluding hydrogens is 442 g/mol. The zero-order valence-corrected chi connectivity index (χ0v) is 20.9. The minimum Gasteiger partial charge on any atom is -0.366 e. The van der Waals surface area contributed by atoms with Crippen molar-refractivity contribution < 1.29 is 4.79 Å². The molecule has 0 aliphatic carbocycles. The molecule has 3 aromatic heterocycles. The number of carbonyl (C=O) groups excluding carboxylic acids is 1. The van der Waals surface area contributed by atoms with Gasteiger partial charge in [0.15, 0.2) is 5.82 Å². The van der Waals surface area contributed by atoms with E-state index in [2.05, 4.69) is 45.0 Å². The maximum absolute atomic E-state index is 12.1. The largest absolute Gasteiger partial charge is 0.366 e. The van der Waals surface area contributed by atoms with Gasteiger partial charge in [-0.2, -0.15) is 5.10 Å². The van der Waals surface area contributed by atoms with E-state index in [1.807, 2.05) is 47.2 Å². The Balaban J connectivity index is 1.29. The van der Waals surface area contributed by atoms with Crippen LogP contribution in [0.2, 0.25) is 0 Å². The summed E-state index contributed by atoms with van der Waals surface area (Å²) in [6.45, 7) is 14.2. The van der Waals surface area contributed by atoms with E-state index in [4.69, 9.17) is 9.97 Å². The van der Waals surface area contributed by atoms with E-state index in [1.54, 1.807) is 0 Å². The van der Waals surface area contributed by atoms with E-state index in [1.165, 1.54) is 0 Å². The maximum Gasteiger partial charge on any atom is 0.317 e. The van der Waals surface area contributed by atoms with Crippen LogP contribution < -0.4 is 15.1 Å². The molecule has 3 aromatic rings. The summed E-state index contributed by atoms with van der Waals surface area (Å²) in [4.78, 5) is 30.6. The molecule has 5 heterocycles. The van der Waals surface area contributed by atoms with E-state index in [-0.39, 0.29) is 6.03 Å². The molecule has 10 heteroatoms. The van der Waals surface area contributed by atoms with Crippen LogP contribution in [0.1, 0.15) is 20.8 Å². The van der Waals surface area contributed by atoms with Gasteiger partial charge in [0.2, 0.25) is 0 Å². The highest BCUT2D eigenvalue weighted by Gasteiger charge is 2.23. The average molecular weight is 478 g/mol. The zero-order valence-electron chi connectivity index (χ0n) is 20.9. The van der Waals surface area contributed by atoms with Crippen molar-refractivity contribution in [2.24, 2.45) is 0 Å². The van der Waals surface area contributed by atoms with Gasteiger partial charge in [-0.3, -0.25) is 4.90 Å². The van der Waals surface area contributed by atoms with Gasteiger partial charge in [-0.15, -0.1) is 0 Å². The van der Waals surface area contributed by atoms with E-state index < -0.39 is 0 Å². The Hall–Kier alpha value is -3.40. The van der Waals surface area contributed by atoms with Crippen LogP contribution in [0.25, 0.3) is 16.9 Å². The highest BCUT2D eigenvalue weighted by Crippen LogP contribution is 2.28. The van der Waals surface area contributed by atoms with E-state index in [0.29, 0.717) is 31.5 Å². The Morgan fingerprint density at radius 2 is 1.69 bits per heavy atom. The molecule has 0 unspecified atom stereocenters. The van der Waals surface area contributed by atoms with Gasteiger partial charge in [-0.25, -0.2) is 19.3 Å². The molecule has 186 valence electrons. The molecular formula is C25H35N9O. The van der Waals surface area contributed by atoms with Gasteiger partial charge >= 0.3 is 6.03 Å². The van der Waals surface area contributed by atoms with Gasteiger partial charge in [-0.05, 0) is 32.9 Å². The summed E-state index contributed by atoms with van der Waals surface area (Å²) >= 11 is 0. The quantitative estimate of drug-likeness (QED) is 0.603. The lowest BCUT2D eigenvalue weighted by molar-refractivity contribution is 0.195. The Morgan fingerprint density at radius 3 is 2.34 bits per heavy atom. The van der Waals surface area contributed by atoms with Crippen LogP contribution in [0.15, 0.2) is 36.9 Å². The lowest BCUT2D eigenvalue weighted by Gasteiger charge is -2.37. The number of hydrogen-bond acceptors (Lipinski definition) is 7. The van der Waals surface area contributed by atoms with Crippen molar-refractivity contribution in [3.8, 4) is 11.4 Å². The fourth-order valence-corrected chi connectivity index (χ4v) is 4.93.